The predicted octanol–water partition coefficient (Wildman–Crippen LogP) is 4.02. The first-order valence-electron chi connectivity index (χ1n) is 7.24. The Balaban J connectivity index is 2.13. The van der Waals surface area contributed by atoms with Gasteiger partial charge in [0.1, 0.15) is 0 Å². The lowest BCUT2D eigenvalue weighted by Crippen LogP contribution is -2.35. The van der Waals surface area contributed by atoms with Gasteiger partial charge in [0.15, 0.2) is 0 Å². The second kappa shape index (κ2) is 5.83. The molecule has 0 saturated heterocycles. The van der Waals surface area contributed by atoms with Crippen molar-refractivity contribution >= 4 is 0 Å². The van der Waals surface area contributed by atoms with Crippen LogP contribution < -0.4 is 0 Å². The number of pyridine rings is 1. The smallest absolute Gasteiger partial charge is 0.0376 e. The molecule has 1 fully saturated rings. The van der Waals surface area contributed by atoms with Crippen LogP contribution in [0, 0.1) is 13.8 Å². The first kappa shape index (κ1) is 13.5. The number of rotatable bonds is 3. The van der Waals surface area contributed by atoms with Gasteiger partial charge >= 0.3 is 0 Å². The van der Waals surface area contributed by atoms with Crippen molar-refractivity contribution in [2.45, 2.75) is 65.0 Å². The van der Waals surface area contributed by atoms with Gasteiger partial charge in [0.25, 0.3) is 0 Å². The van der Waals surface area contributed by atoms with E-state index >= 15 is 0 Å². The molecule has 1 unspecified atom stereocenters. The Kier molecular flexibility index (Phi) is 4.39. The van der Waals surface area contributed by atoms with E-state index < -0.39 is 0 Å². The van der Waals surface area contributed by atoms with Crippen LogP contribution >= 0.6 is 0 Å². The summed E-state index contributed by atoms with van der Waals surface area (Å²) in [5.74, 6) is 0. The van der Waals surface area contributed by atoms with E-state index in [-0.39, 0.29) is 0 Å². The zero-order chi connectivity index (χ0) is 13.1. The van der Waals surface area contributed by atoms with Crippen molar-refractivity contribution in [1.29, 1.82) is 0 Å². The van der Waals surface area contributed by atoms with Gasteiger partial charge in [0, 0.05) is 24.0 Å². The standard InChI is InChI=1S/C16H26N2/c1-12-11-17-13(2)10-16(12)14(3)18(4)15-8-6-5-7-9-15/h10-11,14-15H,5-9H2,1-4H3. The fourth-order valence-corrected chi connectivity index (χ4v) is 3.12. The highest BCUT2D eigenvalue weighted by molar-refractivity contribution is 5.28. The molecule has 0 spiro atoms. The highest BCUT2D eigenvalue weighted by Gasteiger charge is 2.23. The molecule has 1 aromatic rings. The van der Waals surface area contributed by atoms with Crippen LogP contribution in [-0.4, -0.2) is 23.0 Å². The van der Waals surface area contributed by atoms with Crippen LogP contribution in [-0.2, 0) is 0 Å². The van der Waals surface area contributed by atoms with Gasteiger partial charge in [-0.05, 0) is 57.9 Å². The Morgan fingerprint density at radius 3 is 2.56 bits per heavy atom. The minimum atomic E-state index is 0.495. The summed E-state index contributed by atoms with van der Waals surface area (Å²) in [7, 11) is 2.29. The van der Waals surface area contributed by atoms with Crippen molar-refractivity contribution in [2.75, 3.05) is 7.05 Å². The molecule has 1 atom stereocenters. The second-order valence-electron chi connectivity index (χ2n) is 5.82. The normalized spacial score (nSPS) is 19.2. The minimum absolute atomic E-state index is 0.495. The largest absolute Gasteiger partial charge is 0.297 e. The SMILES string of the molecule is Cc1cc(C(C)N(C)C2CCCCC2)c(C)cn1. The summed E-state index contributed by atoms with van der Waals surface area (Å²) in [5.41, 5.74) is 3.88. The first-order valence-corrected chi connectivity index (χ1v) is 7.24. The molecule has 1 aromatic heterocycles. The lowest BCUT2D eigenvalue weighted by atomic mass is 9.92. The molecule has 2 rings (SSSR count). The van der Waals surface area contributed by atoms with E-state index in [0.717, 1.165) is 11.7 Å². The van der Waals surface area contributed by atoms with E-state index in [0.29, 0.717) is 6.04 Å². The third-order valence-corrected chi connectivity index (χ3v) is 4.49. The molecule has 1 heterocycles. The molecule has 0 aliphatic heterocycles. The molecule has 2 nitrogen and oxygen atoms in total. The van der Waals surface area contributed by atoms with E-state index in [4.69, 9.17) is 0 Å². The van der Waals surface area contributed by atoms with E-state index in [1.165, 1.54) is 43.2 Å². The van der Waals surface area contributed by atoms with E-state index in [2.05, 4.69) is 43.8 Å². The van der Waals surface area contributed by atoms with Crippen molar-refractivity contribution in [3.05, 3.63) is 29.1 Å². The molecule has 100 valence electrons. The van der Waals surface area contributed by atoms with E-state index in [9.17, 15) is 0 Å². The van der Waals surface area contributed by atoms with Gasteiger partial charge in [-0.3, -0.25) is 9.88 Å². The van der Waals surface area contributed by atoms with E-state index in [1.54, 1.807) is 0 Å². The molecular formula is C16H26N2. The summed E-state index contributed by atoms with van der Waals surface area (Å²) >= 11 is 0. The Bertz CT molecular complexity index is 394. The minimum Gasteiger partial charge on any atom is -0.297 e. The molecule has 1 aliphatic rings. The fourth-order valence-electron chi connectivity index (χ4n) is 3.12. The van der Waals surface area contributed by atoms with Crippen molar-refractivity contribution < 1.29 is 0 Å². The number of aromatic nitrogens is 1. The summed E-state index contributed by atoms with van der Waals surface area (Å²) in [6.07, 6.45) is 8.96. The molecule has 0 bridgehead atoms. The second-order valence-corrected chi connectivity index (χ2v) is 5.82. The zero-order valence-corrected chi connectivity index (χ0v) is 12.2. The highest BCUT2D eigenvalue weighted by Crippen LogP contribution is 2.29. The summed E-state index contributed by atoms with van der Waals surface area (Å²) in [4.78, 5) is 6.95. The van der Waals surface area contributed by atoms with Crippen molar-refractivity contribution in [2.24, 2.45) is 0 Å². The highest BCUT2D eigenvalue weighted by atomic mass is 15.2. The van der Waals surface area contributed by atoms with Gasteiger partial charge in [-0.1, -0.05) is 19.3 Å². The van der Waals surface area contributed by atoms with Crippen LogP contribution in [0.4, 0.5) is 0 Å². The van der Waals surface area contributed by atoms with Crippen LogP contribution in [0.2, 0.25) is 0 Å². The topological polar surface area (TPSA) is 16.1 Å². The zero-order valence-electron chi connectivity index (χ0n) is 12.2. The first-order chi connectivity index (χ1) is 8.59. The third-order valence-electron chi connectivity index (χ3n) is 4.49. The quantitative estimate of drug-likeness (QED) is 0.800. The maximum absolute atomic E-state index is 4.38. The Morgan fingerprint density at radius 1 is 1.22 bits per heavy atom. The summed E-state index contributed by atoms with van der Waals surface area (Å²) in [6.45, 7) is 6.58. The molecular weight excluding hydrogens is 220 g/mol. The molecule has 0 radical (unpaired) electrons. The van der Waals surface area contributed by atoms with Crippen LogP contribution in [0.1, 0.15) is 61.9 Å². The van der Waals surface area contributed by atoms with Gasteiger partial charge in [-0.2, -0.15) is 0 Å². The number of hydrogen-bond acceptors (Lipinski definition) is 2. The Morgan fingerprint density at radius 2 is 1.89 bits per heavy atom. The number of nitrogens with zero attached hydrogens (tertiary/aromatic N) is 2. The maximum atomic E-state index is 4.38. The van der Waals surface area contributed by atoms with Gasteiger partial charge in [0.2, 0.25) is 0 Å². The molecule has 0 amide bonds. The van der Waals surface area contributed by atoms with Crippen LogP contribution in [0.3, 0.4) is 0 Å². The predicted molar refractivity (Wildman–Crippen MR) is 76.8 cm³/mol. The van der Waals surface area contributed by atoms with Crippen molar-refractivity contribution in [1.82, 2.24) is 9.88 Å². The molecule has 2 heteroatoms. The average molecular weight is 246 g/mol. The Labute approximate surface area is 111 Å². The molecule has 18 heavy (non-hydrogen) atoms. The Hall–Kier alpha value is -0.890. The average Bonchev–Trinajstić information content (AvgIpc) is 2.41. The van der Waals surface area contributed by atoms with Gasteiger partial charge < -0.3 is 0 Å². The third kappa shape index (κ3) is 2.92. The fraction of sp³-hybridized carbons (Fsp3) is 0.688. The summed E-state index contributed by atoms with van der Waals surface area (Å²) in [5, 5.41) is 0. The van der Waals surface area contributed by atoms with Crippen LogP contribution in [0.15, 0.2) is 12.3 Å². The van der Waals surface area contributed by atoms with Gasteiger partial charge in [0.05, 0.1) is 0 Å². The molecule has 0 N–H and O–H groups in total. The summed E-state index contributed by atoms with van der Waals surface area (Å²) in [6, 6.07) is 3.51. The molecule has 1 aliphatic carbocycles. The molecule has 0 aromatic carbocycles. The lowest BCUT2D eigenvalue weighted by molar-refractivity contribution is 0.146. The monoisotopic (exact) mass is 246 g/mol. The lowest BCUT2D eigenvalue weighted by Gasteiger charge is -2.36. The maximum Gasteiger partial charge on any atom is 0.0376 e. The van der Waals surface area contributed by atoms with Crippen molar-refractivity contribution in [3.63, 3.8) is 0 Å². The van der Waals surface area contributed by atoms with Crippen LogP contribution in [0.25, 0.3) is 0 Å². The number of aryl methyl sites for hydroxylation is 2. The van der Waals surface area contributed by atoms with Gasteiger partial charge in [-0.25, -0.2) is 0 Å². The van der Waals surface area contributed by atoms with Crippen molar-refractivity contribution in [3.8, 4) is 0 Å². The summed E-state index contributed by atoms with van der Waals surface area (Å²) < 4.78 is 0. The van der Waals surface area contributed by atoms with Gasteiger partial charge in [-0.15, -0.1) is 0 Å². The van der Waals surface area contributed by atoms with E-state index in [1.807, 2.05) is 6.20 Å². The van der Waals surface area contributed by atoms with Crippen LogP contribution in [0.5, 0.6) is 0 Å². The number of hydrogen-bond donors (Lipinski definition) is 0. The molecule has 1 saturated carbocycles.